The van der Waals surface area contributed by atoms with Gasteiger partial charge in [0.25, 0.3) is 0 Å². The molecule has 0 saturated carbocycles. The second-order valence-corrected chi connectivity index (χ2v) is 5.81. The van der Waals surface area contributed by atoms with Gasteiger partial charge < -0.3 is 16.0 Å². The Morgan fingerprint density at radius 3 is 2.80 bits per heavy atom. The smallest absolute Gasteiger partial charge is 0.224 e. The van der Waals surface area contributed by atoms with E-state index < -0.39 is 0 Å². The summed E-state index contributed by atoms with van der Waals surface area (Å²) in [5.74, 6) is 0.861. The van der Waals surface area contributed by atoms with Crippen molar-refractivity contribution in [1.29, 1.82) is 0 Å². The Kier molecular flexibility index (Phi) is 3.01. The second-order valence-electron chi connectivity index (χ2n) is 4.58. The van der Waals surface area contributed by atoms with Crippen LogP contribution in [0.15, 0.2) is 6.33 Å². The molecule has 0 aromatic carbocycles. The number of aromatic nitrogens is 5. The topological polar surface area (TPSA) is 105 Å². The normalized spacial score (nSPS) is 12.8. The molecule has 8 heteroatoms. The van der Waals surface area contributed by atoms with Crippen LogP contribution in [0.2, 0.25) is 0 Å². The van der Waals surface area contributed by atoms with Crippen LogP contribution >= 0.6 is 11.3 Å². The molecule has 0 saturated heterocycles. The fourth-order valence-electron chi connectivity index (χ4n) is 2.17. The average molecular weight is 289 g/mol. The molecule has 1 atom stereocenters. The summed E-state index contributed by atoms with van der Waals surface area (Å²) in [4.78, 5) is 21.1. The van der Waals surface area contributed by atoms with Gasteiger partial charge in [-0.05, 0) is 20.8 Å². The fraction of sp³-hybridized carbons (Fsp3) is 0.333. The van der Waals surface area contributed by atoms with Gasteiger partial charge in [0.1, 0.15) is 5.52 Å². The lowest BCUT2D eigenvalue weighted by Crippen LogP contribution is -2.10. The third-order valence-electron chi connectivity index (χ3n) is 2.99. The van der Waals surface area contributed by atoms with Gasteiger partial charge in [0.05, 0.1) is 23.1 Å². The summed E-state index contributed by atoms with van der Waals surface area (Å²) in [6, 6.07) is 0.0852. The number of hydrogen-bond donors (Lipinski definition) is 3. The highest BCUT2D eigenvalue weighted by atomic mass is 32.1. The lowest BCUT2D eigenvalue weighted by molar-refractivity contribution is 0.881. The van der Waals surface area contributed by atoms with Crippen molar-refractivity contribution < 1.29 is 0 Å². The number of aryl methyl sites for hydroxylation is 2. The van der Waals surface area contributed by atoms with Crippen LogP contribution in [0, 0.1) is 13.8 Å². The highest BCUT2D eigenvalue weighted by Gasteiger charge is 2.16. The van der Waals surface area contributed by atoms with Gasteiger partial charge in [0, 0.05) is 4.88 Å². The first-order valence-corrected chi connectivity index (χ1v) is 7.03. The summed E-state index contributed by atoms with van der Waals surface area (Å²) in [7, 11) is 0. The highest BCUT2D eigenvalue weighted by Crippen LogP contribution is 2.28. The Morgan fingerprint density at radius 1 is 1.30 bits per heavy atom. The second kappa shape index (κ2) is 4.71. The molecule has 0 aliphatic carbocycles. The lowest BCUT2D eigenvalue weighted by atomic mass is 10.2. The van der Waals surface area contributed by atoms with Crippen molar-refractivity contribution in [3.63, 3.8) is 0 Å². The number of rotatable bonds is 3. The Bertz CT molecular complexity index is 760. The predicted molar refractivity (Wildman–Crippen MR) is 79.7 cm³/mol. The molecule has 3 rings (SSSR count). The molecule has 0 aliphatic heterocycles. The predicted octanol–water partition coefficient (Wildman–Crippen LogP) is 2.18. The van der Waals surface area contributed by atoms with Gasteiger partial charge in [-0.2, -0.15) is 9.97 Å². The van der Waals surface area contributed by atoms with Crippen molar-refractivity contribution in [2.24, 2.45) is 0 Å². The number of aromatic amines is 1. The molecule has 3 heterocycles. The van der Waals surface area contributed by atoms with Crippen LogP contribution in [0.4, 0.5) is 11.8 Å². The van der Waals surface area contributed by atoms with E-state index in [9.17, 15) is 0 Å². The highest BCUT2D eigenvalue weighted by molar-refractivity contribution is 7.11. The quantitative estimate of drug-likeness (QED) is 0.682. The van der Waals surface area contributed by atoms with Crippen LogP contribution in [0.3, 0.4) is 0 Å². The van der Waals surface area contributed by atoms with Crippen LogP contribution in [0.5, 0.6) is 0 Å². The number of anilines is 2. The van der Waals surface area contributed by atoms with Crippen LogP contribution in [-0.4, -0.2) is 24.9 Å². The maximum absolute atomic E-state index is 5.71. The number of fused-ring (bicyclic) bond motifs is 1. The van der Waals surface area contributed by atoms with E-state index in [1.54, 1.807) is 17.7 Å². The third-order valence-corrected chi connectivity index (χ3v) is 4.24. The zero-order valence-electron chi connectivity index (χ0n) is 11.4. The van der Waals surface area contributed by atoms with Crippen molar-refractivity contribution in [3.8, 4) is 0 Å². The molecule has 1 unspecified atom stereocenters. The number of nitrogen functional groups attached to an aromatic ring is 1. The summed E-state index contributed by atoms with van der Waals surface area (Å²) < 4.78 is 0. The molecule has 20 heavy (non-hydrogen) atoms. The summed E-state index contributed by atoms with van der Waals surface area (Å²) in [6.45, 7) is 6.08. The van der Waals surface area contributed by atoms with E-state index in [1.807, 2.05) is 13.8 Å². The van der Waals surface area contributed by atoms with E-state index in [0.717, 1.165) is 16.2 Å². The first-order chi connectivity index (χ1) is 9.54. The minimum Gasteiger partial charge on any atom is -0.368 e. The van der Waals surface area contributed by atoms with Crippen molar-refractivity contribution in [2.45, 2.75) is 26.8 Å². The number of imidazole rings is 1. The zero-order valence-corrected chi connectivity index (χ0v) is 12.2. The maximum Gasteiger partial charge on any atom is 0.224 e. The molecule has 0 amide bonds. The van der Waals surface area contributed by atoms with E-state index in [0.29, 0.717) is 11.5 Å². The molecule has 0 bridgehead atoms. The zero-order chi connectivity index (χ0) is 14.3. The largest absolute Gasteiger partial charge is 0.368 e. The average Bonchev–Trinajstić information content (AvgIpc) is 2.95. The summed E-state index contributed by atoms with van der Waals surface area (Å²) in [5, 5.41) is 4.41. The molecule has 0 spiro atoms. The molecule has 3 aromatic heterocycles. The van der Waals surface area contributed by atoms with Gasteiger partial charge in [0.15, 0.2) is 11.5 Å². The van der Waals surface area contributed by atoms with E-state index in [4.69, 9.17) is 5.73 Å². The van der Waals surface area contributed by atoms with Gasteiger partial charge in [-0.1, -0.05) is 0 Å². The molecule has 0 fully saturated rings. The molecule has 0 radical (unpaired) electrons. The number of nitrogens with two attached hydrogens (primary N) is 1. The van der Waals surface area contributed by atoms with E-state index in [2.05, 4.69) is 37.2 Å². The lowest BCUT2D eigenvalue weighted by Gasteiger charge is -2.14. The molecule has 3 aromatic rings. The van der Waals surface area contributed by atoms with E-state index in [1.165, 1.54) is 4.88 Å². The first-order valence-electron chi connectivity index (χ1n) is 6.21. The molecular formula is C12H15N7S. The Labute approximate surface area is 119 Å². The standard InChI is InChI=1S/C12H15N7S/c1-5-9(20-7(3)16-5)6(2)17-11-8-10(15-4-14-8)18-12(13)19-11/h4,6H,1-3H3,(H4,13,14,15,17,18,19). The SMILES string of the molecule is Cc1nc(C)c(C(C)Nc2nc(N)nc3nc[nH]c23)s1. The van der Waals surface area contributed by atoms with Gasteiger partial charge >= 0.3 is 0 Å². The Morgan fingerprint density at radius 2 is 2.10 bits per heavy atom. The number of H-pyrrole nitrogens is 1. The summed E-state index contributed by atoms with van der Waals surface area (Å²) in [6.07, 6.45) is 1.58. The summed E-state index contributed by atoms with van der Waals surface area (Å²) >= 11 is 1.68. The fourth-order valence-corrected chi connectivity index (χ4v) is 3.10. The molecule has 104 valence electrons. The van der Waals surface area contributed by atoms with Crippen LogP contribution < -0.4 is 11.1 Å². The minimum absolute atomic E-state index is 0.0852. The van der Waals surface area contributed by atoms with Crippen LogP contribution in [0.25, 0.3) is 11.2 Å². The van der Waals surface area contributed by atoms with Gasteiger partial charge in [0.2, 0.25) is 5.95 Å². The number of hydrogen-bond acceptors (Lipinski definition) is 7. The first kappa shape index (κ1) is 12.8. The van der Waals surface area contributed by atoms with Gasteiger partial charge in [-0.25, -0.2) is 9.97 Å². The van der Waals surface area contributed by atoms with Crippen molar-refractivity contribution in [3.05, 3.63) is 21.9 Å². The van der Waals surface area contributed by atoms with Gasteiger partial charge in [-0.15, -0.1) is 11.3 Å². The molecule has 0 aliphatic rings. The van der Waals surface area contributed by atoms with E-state index in [-0.39, 0.29) is 12.0 Å². The molecule has 4 N–H and O–H groups in total. The minimum atomic E-state index is 0.0852. The van der Waals surface area contributed by atoms with Crippen molar-refractivity contribution >= 4 is 34.3 Å². The maximum atomic E-state index is 5.71. The van der Waals surface area contributed by atoms with Gasteiger partial charge in [-0.3, -0.25) is 0 Å². The molecular weight excluding hydrogens is 274 g/mol. The monoisotopic (exact) mass is 289 g/mol. The van der Waals surface area contributed by atoms with Crippen molar-refractivity contribution in [1.82, 2.24) is 24.9 Å². The Hall–Kier alpha value is -2.22. The number of thiazole rings is 1. The number of nitrogens with one attached hydrogen (secondary N) is 2. The Balaban J connectivity index is 1.96. The van der Waals surface area contributed by atoms with E-state index >= 15 is 0 Å². The third kappa shape index (κ3) is 2.18. The molecule has 7 nitrogen and oxygen atoms in total. The summed E-state index contributed by atoms with van der Waals surface area (Å²) in [5.41, 5.74) is 8.06. The number of nitrogens with zero attached hydrogens (tertiary/aromatic N) is 4. The van der Waals surface area contributed by atoms with Crippen LogP contribution in [0.1, 0.15) is 28.5 Å². The van der Waals surface area contributed by atoms with Crippen molar-refractivity contribution in [2.75, 3.05) is 11.1 Å². The van der Waals surface area contributed by atoms with Crippen LogP contribution in [-0.2, 0) is 0 Å².